The van der Waals surface area contributed by atoms with Gasteiger partial charge in [0.1, 0.15) is 11.5 Å². The fourth-order valence-electron chi connectivity index (χ4n) is 3.02. The Morgan fingerprint density at radius 3 is 2.55 bits per heavy atom. The number of thiocarbonyl (C=S) groups is 1. The molecule has 0 aliphatic heterocycles. The van der Waals surface area contributed by atoms with Gasteiger partial charge in [-0.2, -0.15) is 0 Å². The van der Waals surface area contributed by atoms with Crippen molar-refractivity contribution in [2.24, 2.45) is 0 Å². The van der Waals surface area contributed by atoms with Crippen LogP contribution < -0.4 is 10.6 Å². The van der Waals surface area contributed by atoms with Gasteiger partial charge >= 0.3 is 0 Å². The van der Waals surface area contributed by atoms with Crippen LogP contribution in [0.1, 0.15) is 5.76 Å². The molecule has 0 unspecified atom stereocenters. The maximum absolute atomic E-state index is 12.2. The predicted molar refractivity (Wildman–Crippen MR) is 132 cm³/mol. The number of carbonyl (C=O) groups excluding carboxylic acids is 1. The zero-order valence-corrected chi connectivity index (χ0v) is 18.4. The number of hydrogen-bond acceptors (Lipinski definition) is 3. The smallest absolute Gasteiger partial charge is 0.250 e. The van der Waals surface area contributed by atoms with Gasteiger partial charge in [-0.25, -0.2) is 0 Å². The third-order valence-corrected chi connectivity index (χ3v) is 5.22. The van der Waals surface area contributed by atoms with E-state index in [2.05, 4.69) is 10.6 Å². The molecule has 0 atom stereocenters. The van der Waals surface area contributed by atoms with Crippen LogP contribution in [0, 0.1) is 0 Å². The van der Waals surface area contributed by atoms with Gasteiger partial charge < -0.3 is 9.73 Å². The highest BCUT2D eigenvalue weighted by Crippen LogP contribution is 2.31. The first-order valence-corrected chi connectivity index (χ1v) is 10.5. The Labute approximate surface area is 194 Å². The molecule has 0 saturated carbocycles. The number of halogens is 2. The molecule has 1 aromatic heterocycles. The quantitative estimate of drug-likeness (QED) is 0.252. The number of carbonyl (C=O) groups is 1. The lowest BCUT2D eigenvalue weighted by atomic mass is 10.1. The molecular formula is C24H16Cl2N2O2S. The van der Waals surface area contributed by atoms with E-state index in [0.717, 1.165) is 22.0 Å². The molecule has 0 bridgehead atoms. The Balaban J connectivity index is 1.36. The van der Waals surface area contributed by atoms with Gasteiger partial charge in [0.2, 0.25) is 5.91 Å². The van der Waals surface area contributed by atoms with Crippen molar-refractivity contribution in [3.63, 3.8) is 0 Å². The lowest BCUT2D eigenvalue weighted by molar-refractivity contribution is -0.115. The van der Waals surface area contributed by atoms with Crippen molar-refractivity contribution >= 4 is 69.0 Å². The van der Waals surface area contributed by atoms with Crippen molar-refractivity contribution < 1.29 is 9.21 Å². The van der Waals surface area contributed by atoms with E-state index in [1.807, 2.05) is 42.5 Å². The Morgan fingerprint density at radius 1 is 0.935 bits per heavy atom. The minimum absolute atomic E-state index is 0.206. The van der Waals surface area contributed by atoms with Gasteiger partial charge in [-0.3, -0.25) is 10.1 Å². The van der Waals surface area contributed by atoms with E-state index in [4.69, 9.17) is 39.8 Å². The molecule has 0 spiro atoms. The molecule has 7 heteroatoms. The number of fused-ring (bicyclic) bond motifs is 1. The number of rotatable bonds is 4. The fraction of sp³-hybridized carbons (Fsp3) is 0. The van der Waals surface area contributed by atoms with E-state index in [9.17, 15) is 4.79 Å². The van der Waals surface area contributed by atoms with Crippen LogP contribution in [0.2, 0.25) is 10.0 Å². The topological polar surface area (TPSA) is 54.3 Å². The number of benzene rings is 3. The molecule has 1 heterocycles. The normalized spacial score (nSPS) is 11.0. The van der Waals surface area contributed by atoms with E-state index in [0.29, 0.717) is 21.6 Å². The van der Waals surface area contributed by atoms with E-state index < -0.39 is 0 Å². The molecule has 31 heavy (non-hydrogen) atoms. The van der Waals surface area contributed by atoms with Crippen molar-refractivity contribution in [1.29, 1.82) is 0 Å². The molecule has 3 aromatic carbocycles. The third kappa shape index (κ3) is 5.33. The molecule has 4 nitrogen and oxygen atoms in total. The highest BCUT2D eigenvalue weighted by atomic mass is 35.5. The summed E-state index contributed by atoms with van der Waals surface area (Å²) in [5.41, 5.74) is 1.51. The number of nitrogens with one attached hydrogen (secondary N) is 2. The third-order valence-electron chi connectivity index (χ3n) is 4.47. The van der Waals surface area contributed by atoms with Crippen LogP contribution in [-0.2, 0) is 4.79 Å². The Hall–Kier alpha value is -3.12. The van der Waals surface area contributed by atoms with Crippen molar-refractivity contribution in [2.45, 2.75) is 0 Å². The predicted octanol–water partition coefficient (Wildman–Crippen LogP) is 6.93. The second kappa shape index (κ2) is 9.35. The van der Waals surface area contributed by atoms with Crippen molar-refractivity contribution in [2.75, 3.05) is 5.32 Å². The van der Waals surface area contributed by atoms with Crippen LogP contribution in [-0.4, -0.2) is 11.0 Å². The second-order valence-corrected chi connectivity index (χ2v) is 7.92. The van der Waals surface area contributed by atoms with Gasteiger partial charge in [0.05, 0.1) is 5.02 Å². The van der Waals surface area contributed by atoms with Crippen LogP contribution in [0.4, 0.5) is 5.69 Å². The average molecular weight is 467 g/mol. The molecule has 1 amide bonds. The first-order valence-electron chi connectivity index (χ1n) is 9.32. The molecule has 0 saturated heterocycles. The SMILES string of the molecule is O=C(/C=C/c1ccc(-c2ccc(Cl)cc2Cl)o1)NC(=S)Nc1ccc2ccccc2c1. The van der Waals surface area contributed by atoms with Crippen molar-refractivity contribution in [3.05, 3.63) is 94.7 Å². The molecule has 0 fully saturated rings. The molecule has 0 radical (unpaired) electrons. The first kappa shape index (κ1) is 21.1. The average Bonchev–Trinajstić information content (AvgIpc) is 3.21. The van der Waals surface area contributed by atoms with Crippen molar-refractivity contribution in [1.82, 2.24) is 5.32 Å². The van der Waals surface area contributed by atoms with Gasteiger partial charge in [-0.15, -0.1) is 0 Å². The Bertz CT molecular complexity index is 1310. The molecule has 154 valence electrons. The van der Waals surface area contributed by atoms with E-state index in [1.165, 1.54) is 6.08 Å². The zero-order valence-electron chi connectivity index (χ0n) is 16.1. The summed E-state index contributed by atoms with van der Waals surface area (Å²) in [5, 5.41) is 9.08. The van der Waals surface area contributed by atoms with E-state index in [1.54, 1.807) is 36.4 Å². The molecule has 0 aliphatic rings. The number of hydrogen-bond donors (Lipinski definition) is 2. The van der Waals surface area contributed by atoms with Crippen LogP contribution in [0.25, 0.3) is 28.2 Å². The van der Waals surface area contributed by atoms with Gasteiger partial charge in [0.25, 0.3) is 0 Å². The summed E-state index contributed by atoms with van der Waals surface area (Å²) >= 11 is 17.4. The summed E-state index contributed by atoms with van der Waals surface area (Å²) in [5.74, 6) is 0.709. The lowest BCUT2D eigenvalue weighted by Crippen LogP contribution is -2.32. The summed E-state index contributed by atoms with van der Waals surface area (Å²) in [6, 6.07) is 22.5. The molecule has 0 aliphatic carbocycles. The zero-order chi connectivity index (χ0) is 21.8. The molecule has 4 aromatic rings. The van der Waals surface area contributed by atoms with Crippen LogP contribution >= 0.6 is 35.4 Å². The summed E-state index contributed by atoms with van der Waals surface area (Å²) in [6.07, 6.45) is 2.90. The van der Waals surface area contributed by atoms with Crippen LogP contribution in [0.15, 0.2) is 83.3 Å². The van der Waals surface area contributed by atoms with Gasteiger partial charge in [-0.1, -0.05) is 53.5 Å². The van der Waals surface area contributed by atoms with Gasteiger partial charge in [0, 0.05) is 22.3 Å². The second-order valence-electron chi connectivity index (χ2n) is 6.66. The highest BCUT2D eigenvalue weighted by Gasteiger charge is 2.09. The lowest BCUT2D eigenvalue weighted by Gasteiger charge is -2.09. The monoisotopic (exact) mass is 466 g/mol. The summed E-state index contributed by atoms with van der Waals surface area (Å²) in [6.45, 7) is 0. The largest absolute Gasteiger partial charge is 0.457 e. The maximum Gasteiger partial charge on any atom is 0.250 e. The molecular weight excluding hydrogens is 451 g/mol. The summed E-state index contributed by atoms with van der Waals surface area (Å²) in [7, 11) is 0. The number of furan rings is 1. The standard InChI is InChI=1S/C24H16Cl2N2O2S/c25-17-6-10-20(21(26)14-17)22-11-8-19(30-22)9-12-23(29)28-24(31)27-18-7-5-15-3-1-2-4-16(15)13-18/h1-14H,(H2,27,28,29,31)/b12-9+. The number of amides is 1. The van der Waals surface area contributed by atoms with Gasteiger partial charge in [0.15, 0.2) is 5.11 Å². The Kier molecular flexibility index (Phi) is 6.37. The maximum atomic E-state index is 12.2. The Morgan fingerprint density at radius 2 is 1.74 bits per heavy atom. The van der Waals surface area contributed by atoms with Crippen molar-refractivity contribution in [3.8, 4) is 11.3 Å². The van der Waals surface area contributed by atoms with E-state index >= 15 is 0 Å². The summed E-state index contributed by atoms with van der Waals surface area (Å²) in [4.78, 5) is 12.2. The first-order chi connectivity index (χ1) is 15.0. The van der Waals surface area contributed by atoms with Crippen LogP contribution in [0.3, 0.4) is 0 Å². The minimum atomic E-state index is -0.374. The summed E-state index contributed by atoms with van der Waals surface area (Å²) < 4.78 is 5.74. The van der Waals surface area contributed by atoms with Crippen LogP contribution in [0.5, 0.6) is 0 Å². The van der Waals surface area contributed by atoms with E-state index in [-0.39, 0.29) is 11.0 Å². The molecule has 2 N–H and O–H groups in total. The minimum Gasteiger partial charge on any atom is -0.457 e. The number of anilines is 1. The highest BCUT2D eigenvalue weighted by molar-refractivity contribution is 7.80. The molecule has 4 rings (SSSR count). The van der Waals surface area contributed by atoms with Gasteiger partial charge in [-0.05, 0) is 71.5 Å². The fourth-order valence-corrected chi connectivity index (χ4v) is 3.74.